The molecule has 1 saturated heterocycles. The van der Waals surface area contributed by atoms with Crippen LogP contribution in [-0.2, 0) is 20.8 Å². The summed E-state index contributed by atoms with van der Waals surface area (Å²) in [6.45, 7) is 3.37. The Labute approximate surface area is 203 Å². The van der Waals surface area contributed by atoms with Gasteiger partial charge in [0.25, 0.3) is 5.91 Å². The summed E-state index contributed by atoms with van der Waals surface area (Å²) in [5.41, 5.74) is 7.97. The van der Waals surface area contributed by atoms with Gasteiger partial charge in [0.05, 0.1) is 44.8 Å². The number of nitrogens with one attached hydrogen (secondary N) is 1. The van der Waals surface area contributed by atoms with Crippen LogP contribution in [0, 0.1) is 0 Å². The molecule has 2 aromatic heterocycles. The van der Waals surface area contributed by atoms with Crippen LogP contribution in [0.5, 0.6) is 0 Å². The number of amides is 1. The Bertz CT molecular complexity index is 1150. The summed E-state index contributed by atoms with van der Waals surface area (Å²) in [7, 11) is 1.29. The molecule has 0 unspecified atom stereocenters. The highest BCUT2D eigenvalue weighted by Crippen LogP contribution is 2.25. The van der Waals surface area contributed by atoms with Crippen molar-refractivity contribution in [3.8, 4) is 11.1 Å². The zero-order valence-electron chi connectivity index (χ0n) is 19.7. The van der Waals surface area contributed by atoms with Gasteiger partial charge in [-0.2, -0.15) is 10.2 Å². The standard InChI is InChI=1S/C24H30N6O5/c1-33-24(32)22-21(16-30(28-22)20-5-9-34-10-6-20)27-23(31)18-4-2-3-17(13-18)19-14-26-29(15-19)8-12-35-11-7-25/h2-4,13-16,20H,5-12,25H2,1H3,(H,27,31). The van der Waals surface area contributed by atoms with E-state index >= 15 is 0 Å². The van der Waals surface area contributed by atoms with E-state index in [-0.39, 0.29) is 17.6 Å². The maximum absolute atomic E-state index is 13.1. The van der Waals surface area contributed by atoms with Gasteiger partial charge in [0.15, 0.2) is 5.69 Å². The van der Waals surface area contributed by atoms with Crippen LogP contribution in [0.25, 0.3) is 11.1 Å². The first-order valence-corrected chi connectivity index (χ1v) is 11.6. The number of nitrogens with zero attached hydrogens (tertiary/aromatic N) is 4. The summed E-state index contributed by atoms with van der Waals surface area (Å²) in [5, 5.41) is 11.6. The number of rotatable bonds is 10. The van der Waals surface area contributed by atoms with Crippen molar-refractivity contribution < 1.29 is 23.8 Å². The molecule has 4 rings (SSSR count). The molecule has 1 aromatic carbocycles. The van der Waals surface area contributed by atoms with Crippen molar-refractivity contribution in [2.45, 2.75) is 25.4 Å². The van der Waals surface area contributed by atoms with E-state index in [9.17, 15) is 9.59 Å². The number of carbonyl (C=O) groups is 2. The predicted molar refractivity (Wildman–Crippen MR) is 128 cm³/mol. The van der Waals surface area contributed by atoms with Crippen LogP contribution in [0.1, 0.15) is 39.7 Å². The Morgan fingerprint density at radius 3 is 2.80 bits per heavy atom. The molecule has 11 nitrogen and oxygen atoms in total. The molecule has 35 heavy (non-hydrogen) atoms. The van der Waals surface area contributed by atoms with Gasteiger partial charge in [-0.25, -0.2) is 4.79 Å². The highest BCUT2D eigenvalue weighted by atomic mass is 16.5. The van der Waals surface area contributed by atoms with Gasteiger partial charge in [-0.15, -0.1) is 0 Å². The van der Waals surface area contributed by atoms with Gasteiger partial charge in [-0.3, -0.25) is 14.2 Å². The monoisotopic (exact) mass is 482 g/mol. The second-order valence-corrected chi connectivity index (χ2v) is 8.13. The number of benzene rings is 1. The molecule has 0 bridgehead atoms. The van der Waals surface area contributed by atoms with E-state index in [2.05, 4.69) is 15.5 Å². The van der Waals surface area contributed by atoms with Gasteiger partial charge in [0, 0.05) is 43.3 Å². The van der Waals surface area contributed by atoms with E-state index in [4.69, 9.17) is 19.9 Å². The minimum atomic E-state index is -0.609. The number of hydrogen-bond acceptors (Lipinski definition) is 8. The summed E-state index contributed by atoms with van der Waals surface area (Å²) in [6, 6.07) is 7.30. The average Bonchev–Trinajstić information content (AvgIpc) is 3.54. The summed E-state index contributed by atoms with van der Waals surface area (Å²) < 4.78 is 19.2. The number of esters is 1. The third-order valence-electron chi connectivity index (χ3n) is 5.74. The Morgan fingerprint density at radius 1 is 1.20 bits per heavy atom. The first-order chi connectivity index (χ1) is 17.1. The molecule has 1 aliphatic heterocycles. The first-order valence-electron chi connectivity index (χ1n) is 11.6. The smallest absolute Gasteiger partial charge is 0.360 e. The third-order valence-corrected chi connectivity index (χ3v) is 5.74. The van der Waals surface area contributed by atoms with Gasteiger partial charge >= 0.3 is 5.97 Å². The van der Waals surface area contributed by atoms with Crippen molar-refractivity contribution in [3.63, 3.8) is 0 Å². The number of carbonyl (C=O) groups excluding carboxylic acids is 2. The van der Waals surface area contributed by atoms with E-state index in [0.717, 1.165) is 24.0 Å². The van der Waals surface area contributed by atoms with Crippen LogP contribution in [0.15, 0.2) is 42.9 Å². The fourth-order valence-corrected chi connectivity index (χ4v) is 3.88. The minimum absolute atomic E-state index is 0.0710. The molecule has 3 N–H and O–H groups in total. The second kappa shape index (κ2) is 11.7. The SMILES string of the molecule is COC(=O)c1nn(C2CCOCC2)cc1NC(=O)c1cccc(-c2cnn(CCOCCN)c2)c1. The number of aromatic nitrogens is 4. The molecule has 0 aliphatic carbocycles. The third kappa shape index (κ3) is 6.13. The lowest BCUT2D eigenvalue weighted by Crippen LogP contribution is -2.20. The van der Waals surface area contributed by atoms with Crippen LogP contribution in [0.2, 0.25) is 0 Å². The first kappa shape index (κ1) is 24.6. The Hall–Kier alpha value is -3.54. The molecule has 3 heterocycles. The zero-order valence-corrected chi connectivity index (χ0v) is 19.7. The number of hydrogen-bond donors (Lipinski definition) is 2. The van der Waals surface area contributed by atoms with E-state index in [1.54, 1.807) is 40.0 Å². The fraction of sp³-hybridized carbons (Fsp3) is 0.417. The second-order valence-electron chi connectivity index (χ2n) is 8.13. The van der Waals surface area contributed by atoms with Crippen molar-refractivity contribution >= 4 is 17.6 Å². The van der Waals surface area contributed by atoms with Gasteiger partial charge in [0.1, 0.15) is 0 Å². The van der Waals surface area contributed by atoms with Crippen LogP contribution in [0.3, 0.4) is 0 Å². The Balaban J connectivity index is 1.49. The molecule has 0 radical (unpaired) electrons. The van der Waals surface area contributed by atoms with Crippen LogP contribution in [0.4, 0.5) is 5.69 Å². The van der Waals surface area contributed by atoms with Gasteiger partial charge in [0.2, 0.25) is 0 Å². The quantitative estimate of drug-likeness (QED) is 0.331. The zero-order chi connectivity index (χ0) is 24.6. The van der Waals surface area contributed by atoms with Gasteiger partial charge in [-0.05, 0) is 30.5 Å². The van der Waals surface area contributed by atoms with Gasteiger partial charge < -0.3 is 25.3 Å². The largest absolute Gasteiger partial charge is 0.464 e. The summed E-state index contributed by atoms with van der Waals surface area (Å²) >= 11 is 0. The topological polar surface area (TPSA) is 136 Å². The molecule has 1 aliphatic rings. The highest BCUT2D eigenvalue weighted by molar-refractivity contribution is 6.07. The molecule has 11 heteroatoms. The van der Waals surface area contributed by atoms with Crippen molar-refractivity contribution in [2.24, 2.45) is 5.73 Å². The molecule has 1 fully saturated rings. The van der Waals surface area contributed by atoms with Crippen LogP contribution < -0.4 is 11.1 Å². The van der Waals surface area contributed by atoms with E-state index in [1.807, 2.05) is 12.3 Å². The maximum atomic E-state index is 13.1. The molecule has 186 valence electrons. The lowest BCUT2D eigenvalue weighted by atomic mass is 10.1. The molecular weight excluding hydrogens is 452 g/mol. The fourth-order valence-electron chi connectivity index (χ4n) is 3.88. The van der Waals surface area contributed by atoms with Crippen molar-refractivity contribution in [3.05, 3.63) is 54.1 Å². The lowest BCUT2D eigenvalue weighted by molar-refractivity contribution is 0.0583. The molecule has 0 spiro atoms. The lowest BCUT2D eigenvalue weighted by Gasteiger charge is -2.22. The van der Waals surface area contributed by atoms with E-state index in [1.165, 1.54) is 7.11 Å². The normalized spacial score (nSPS) is 14.1. The van der Waals surface area contributed by atoms with E-state index < -0.39 is 5.97 Å². The summed E-state index contributed by atoms with van der Waals surface area (Å²) in [4.78, 5) is 25.4. The van der Waals surface area contributed by atoms with Crippen molar-refractivity contribution in [1.29, 1.82) is 0 Å². The predicted octanol–water partition coefficient (Wildman–Crippen LogP) is 2.11. The number of methoxy groups -OCH3 is 1. The Morgan fingerprint density at radius 2 is 2.03 bits per heavy atom. The number of ether oxygens (including phenoxy) is 3. The molecule has 0 saturated carbocycles. The molecular formula is C24H30N6O5. The Kier molecular flexibility index (Phi) is 8.24. The van der Waals surface area contributed by atoms with E-state index in [0.29, 0.717) is 50.8 Å². The molecule has 1 amide bonds. The number of anilines is 1. The maximum Gasteiger partial charge on any atom is 0.360 e. The molecule has 3 aromatic rings. The van der Waals surface area contributed by atoms with Crippen LogP contribution >= 0.6 is 0 Å². The average molecular weight is 483 g/mol. The van der Waals surface area contributed by atoms with Crippen molar-refractivity contribution in [1.82, 2.24) is 19.6 Å². The van der Waals surface area contributed by atoms with Crippen molar-refractivity contribution in [2.75, 3.05) is 45.4 Å². The van der Waals surface area contributed by atoms with Crippen LogP contribution in [-0.4, -0.2) is 71.5 Å². The van der Waals surface area contributed by atoms with Gasteiger partial charge in [-0.1, -0.05) is 12.1 Å². The molecule has 0 atom stereocenters. The summed E-state index contributed by atoms with van der Waals surface area (Å²) in [6.07, 6.45) is 6.89. The minimum Gasteiger partial charge on any atom is -0.464 e. The highest BCUT2D eigenvalue weighted by Gasteiger charge is 2.24. The summed E-state index contributed by atoms with van der Waals surface area (Å²) in [5.74, 6) is -0.964. The number of nitrogens with two attached hydrogens (primary N) is 1.